The third kappa shape index (κ3) is 2.33. The average Bonchev–Trinajstić information content (AvgIpc) is 2.61. The van der Waals surface area contributed by atoms with Gasteiger partial charge < -0.3 is 9.72 Å². The van der Waals surface area contributed by atoms with Crippen molar-refractivity contribution in [3.05, 3.63) is 22.6 Å². The largest absolute Gasteiger partial charge is 0.383 e. The van der Waals surface area contributed by atoms with Gasteiger partial charge in [-0.05, 0) is 37.2 Å². The first-order valence-electron chi connectivity index (χ1n) is 6.11. The second-order valence-electron chi connectivity index (χ2n) is 4.89. The molecule has 1 unspecified atom stereocenters. The molecule has 0 aliphatic heterocycles. The highest BCUT2D eigenvalue weighted by atomic mass is 32.1. The molecule has 98 valence electrons. The molecule has 0 saturated heterocycles. The van der Waals surface area contributed by atoms with E-state index in [9.17, 15) is 0 Å². The van der Waals surface area contributed by atoms with Gasteiger partial charge in [0, 0.05) is 12.8 Å². The molecule has 0 amide bonds. The van der Waals surface area contributed by atoms with Crippen molar-refractivity contribution >= 4 is 23.4 Å². The van der Waals surface area contributed by atoms with Crippen molar-refractivity contribution in [2.45, 2.75) is 26.8 Å². The number of aromatic nitrogens is 3. The van der Waals surface area contributed by atoms with Gasteiger partial charge in [0.2, 0.25) is 0 Å². The number of nitrogens with one attached hydrogen (secondary N) is 1. The summed E-state index contributed by atoms with van der Waals surface area (Å²) in [6, 6.07) is 4.21. The molecule has 0 aromatic carbocycles. The Morgan fingerprint density at radius 1 is 1.44 bits per heavy atom. The van der Waals surface area contributed by atoms with Gasteiger partial charge in [-0.3, -0.25) is 4.57 Å². The number of aromatic amines is 1. The predicted molar refractivity (Wildman–Crippen MR) is 75.4 cm³/mol. The number of hydrogen-bond donors (Lipinski definition) is 1. The number of aryl methyl sites for hydroxylation is 1. The molecule has 2 heterocycles. The zero-order valence-corrected chi connectivity index (χ0v) is 12.0. The Balaban J connectivity index is 2.64. The van der Waals surface area contributed by atoms with Crippen LogP contribution < -0.4 is 0 Å². The first-order valence-corrected chi connectivity index (χ1v) is 6.52. The summed E-state index contributed by atoms with van der Waals surface area (Å²) >= 11 is 5.42. The van der Waals surface area contributed by atoms with Crippen molar-refractivity contribution in [1.29, 1.82) is 0 Å². The highest BCUT2D eigenvalue weighted by molar-refractivity contribution is 7.71. The lowest BCUT2D eigenvalue weighted by molar-refractivity contribution is 0.134. The summed E-state index contributed by atoms with van der Waals surface area (Å²) in [5.74, 6) is 0.429. The molecular formula is C13H19N3OS. The van der Waals surface area contributed by atoms with Gasteiger partial charge in [0.15, 0.2) is 10.4 Å². The fourth-order valence-electron chi connectivity index (χ4n) is 2.14. The molecule has 0 radical (unpaired) electrons. The third-order valence-corrected chi connectivity index (χ3v) is 3.44. The van der Waals surface area contributed by atoms with Crippen molar-refractivity contribution < 1.29 is 4.74 Å². The second kappa shape index (κ2) is 5.20. The Morgan fingerprint density at radius 2 is 2.17 bits per heavy atom. The van der Waals surface area contributed by atoms with Crippen LogP contribution in [0.1, 0.15) is 25.6 Å². The summed E-state index contributed by atoms with van der Waals surface area (Å²) in [7, 11) is 1.71. The Labute approximate surface area is 112 Å². The molecule has 0 saturated carbocycles. The van der Waals surface area contributed by atoms with Gasteiger partial charge in [0.05, 0.1) is 18.2 Å². The van der Waals surface area contributed by atoms with E-state index in [2.05, 4.69) is 28.4 Å². The molecule has 2 aromatic rings. The van der Waals surface area contributed by atoms with Gasteiger partial charge in [0.25, 0.3) is 0 Å². The lowest BCUT2D eigenvalue weighted by atomic mass is 10.1. The summed E-state index contributed by atoms with van der Waals surface area (Å²) in [6.45, 7) is 6.95. The molecule has 18 heavy (non-hydrogen) atoms. The third-order valence-electron chi connectivity index (χ3n) is 3.14. The topological polar surface area (TPSA) is 42.8 Å². The number of rotatable bonds is 4. The number of H-pyrrole nitrogens is 1. The van der Waals surface area contributed by atoms with Crippen molar-refractivity contribution in [3.8, 4) is 0 Å². The van der Waals surface area contributed by atoms with E-state index in [1.807, 2.05) is 19.1 Å². The Morgan fingerprint density at radius 3 is 2.78 bits per heavy atom. The molecule has 2 rings (SSSR count). The number of fused-ring (bicyclic) bond motifs is 1. The second-order valence-corrected chi connectivity index (χ2v) is 5.28. The van der Waals surface area contributed by atoms with Crippen LogP contribution >= 0.6 is 12.2 Å². The Hall–Kier alpha value is -1.20. The van der Waals surface area contributed by atoms with E-state index in [0.29, 0.717) is 17.3 Å². The molecular weight excluding hydrogens is 246 g/mol. The highest BCUT2D eigenvalue weighted by Gasteiger charge is 2.19. The summed E-state index contributed by atoms with van der Waals surface area (Å²) in [5.41, 5.74) is 2.88. The van der Waals surface area contributed by atoms with Gasteiger partial charge in [-0.25, -0.2) is 4.98 Å². The maximum absolute atomic E-state index is 5.42. The lowest BCUT2D eigenvalue weighted by Gasteiger charge is -2.22. The summed E-state index contributed by atoms with van der Waals surface area (Å²) in [4.78, 5) is 7.80. The number of hydrogen-bond acceptors (Lipinski definition) is 3. The molecule has 0 fully saturated rings. The van der Waals surface area contributed by atoms with Crippen LogP contribution in [0.25, 0.3) is 11.2 Å². The van der Waals surface area contributed by atoms with Gasteiger partial charge in [-0.1, -0.05) is 13.8 Å². The summed E-state index contributed by atoms with van der Waals surface area (Å²) < 4.78 is 8.10. The summed E-state index contributed by atoms with van der Waals surface area (Å²) in [6.07, 6.45) is 0. The molecule has 1 atom stereocenters. The van der Waals surface area contributed by atoms with E-state index >= 15 is 0 Å². The number of methoxy groups -OCH3 is 1. The summed E-state index contributed by atoms with van der Waals surface area (Å²) in [5, 5.41) is 0. The lowest BCUT2D eigenvalue weighted by Crippen LogP contribution is -2.20. The van der Waals surface area contributed by atoms with E-state index in [4.69, 9.17) is 17.0 Å². The van der Waals surface area contributed by atoms with Crippen molar-refractivity contribution in [3.63, 3.8) is 0 Å². The SMILES string of the molecule is COCC(C(C)C)n1c(=S)[nH]c2ccc(C)nc21. The van der Waals surface area contributed by atoms with E-state index < -0.39 is 0 Å². The van der Waals surface area contributed by atoms with Crippen molar-refractivity contribution in [1.82, 2.24) is 14.5 Å². The van der Waals surface area contributed by atoms with Crippen LogP contribution in [0.15, 0.2) is 12.1 Å². The van der Waals surface area contributed by atoms with E-state index in [-0.39, 0.29) is 6.04 Å². The first-order chi connectivity index (χ1) is 8.54. The number of ether oxygens (including phenoxy) is 1. The number of imidazole rings is 1. The van der Waals surface area contributed by atoms with E-state index in [1.54, 1.807) is 7.11 Å². The van der Waals surface area contributed by atoms with E-state index in [1.165, 1.54) is 0 Å². The molecule has 0 spiro atoms. The molecule has 1 N–H and O–H groups in total. The first kappa shape index (κ1) is 13.2. The Bertz CT molecular complexity index is 600. The number of pyridine rings is 1. The van der Waals surface area contributed by atoms with Crippen molar-refractivity contribution in [2.75, 3.05) is 13.7 Å². The monoisotopic (exact) mass is 265 g/mol. The Kier molecular flexibility index (Phi) is 3.82. The van der Waals surface area contributed by atoms with Crippen LogP contribution in [-0.4, -0.2) is 28.3 Å². The minimum Gasteiger partial charge on any atom is -0.383 e. The van der Waals surface area contributed by atoms with Gasteiger partial charge in [0.1, 0.15) is 0 Å². The molecule has 2 aromatic heterocycles. The van der Waals surface area contributed by atoms with E-state index in [0.717, 1.165) is 16.9 Å². The minimum atomic E-state index is 0.200. The maximum atomic E-state index is 5.42. The minimum absolute atomic E-state index is 0.200. The van der Waals surface area contributed by atoms with Gasteiger partial charge in [-0.2, -0.15) is 0 Å². The molecule has 0 aliphatic rings. The van der Waals surface area contributed by atoms with Crippen LogP contribution in [0.3, 0.4) is 0 Å². The molecule has 0 aliphatic carbocycles. The van der Waals surface area contributed by atoms with Crippen LogP contribution in [0, 0.1) is 17.6 Å². The fourth-order valence-corrected chi connectivity index (χ4v) is 2.47. The van der Waals surface area contributed by atoms with Gasteiger partial charge >= 0.3 is 0 Å². The highest BCUT2D eigenvalue weighted by Crippen LogP contribution is 2.24. The maximum Gasteiger partial charge on any atom is 0.179 e. The van der Waals surface area contributed by atoms with Gasteiger partial charge in [-0.15, -0.1) is 0 Å². The zero-order valence-electron chi connectivity index (χ0n) is 11.2. The quantitative estimate of drug-likeness (QED) is 0.863. The molecule has 5 heteroatoms. The van der Waals surface area contributed by atoms with Crippen LogP contribution in [0.4, 0.5) is 0 Å². The number of nitrogens with zero attached hydrogens (tertiary/aromatic N) is 2. The fraction of sp³-hybridized carbons (Fsp3) is 0.538. The standard InChI is InChI=1S/C13H19N3OS/c1-8(2)11(7-17-4)16-12-10(15-13(16)18)6-5-9(3)14-12/h5-6,8,11H,7H2,1-4H3,(H,15,18). The predicted octanol–water partition coefficient (Wildman–Crippen LogP) is 3.25. The van der Waals surface area contributed by atoms with Crippen LogP contribution in [0.2, 0.25) is 0 Å². The van der Waals surface area contributed by atoms with Crippen molar-refractivity contribution in [2.24, 2.45) is 5.92 Å². The van der Waals surface area contributed by atoms with Crippen LogP contribution in [0.5, 0.6) is 0 Å². The molecule has 4 nitrogen and oxygen atoms in total. The van der Waals surface area contributed by atoms with Crippen LogP contribution in [-0.2, 0) is 4.74 Å². The zero-order chi connectivity index (χ0) is 13.3. The normalized spacial score (nSPS) is 13.4. The average molecular weight is 265 g/mol. The molecule has 0 bridgehead atoms. The smallest absolute Gasteiger partial charge is 0.179 e.